The summed E-state index contributed by atoms with van der Waals surface area (Å²) < 4.78 is 8.77. The Morgan fingerprint density at radius 3 is 1.95 bits per heavy atom. The van der Waals surface area contributed by atoms with Crippen molar-refractivity contribution < 1.29 is 25.2 Å². The van der Waals surface area contributed by atoms with E-state index in [1.165, 1.54) is 5.39 Å². The SMILES string of the molecule is Cc1ccc(-n2c3[c-]c(Oc4[c-]c(N5[CH-]N(c6c(-c7ccccc7)cccc6-c6ccccc6)c6c5ccc5ccccc65)ccc4)ccc3c3ccccc32)nc1.[Pd]. The number of anilines is 4. The molecule has 6 heteroatoms. The number of pyridine rings is 1. The smallest absolute Gasteiger partial charge is 0.135 e. The normalized spacial score (nSPS) is 12.2. The summed E-state index contributed by atoms with van der Waals surface area (Å²) in [4.78, 5) is 9.37. The molecule has 0 unspecified atom stereocenters. The molecule has 11 rings (SSSR count). The van der Waals surface area contributed by atoms with E-state index in [1.807, 2.05) is 24.4 Å². The number of aryl methyl sites for hydroxylation is 1. The third kappa shape index (κ3) is 6.35. The molecule has 286 valence electrons. The molecule has 0 N–H and O–H groups in total. The molecule has 0 amide bonds. The van der Waals surface area contributed by atoms with E-state index in [1.54, 1.807) is 0 Å². The summed E-state index contributed by atoms with van der Waals surface area (Å²) in [6, 6.07) is 70.8. The Morgan fingerprint density at radius 2 is 1.20 bits per heavy atom. The Morgan fingerprint density at radius 1 is 0.525 bits per heavy atom. The molecule has 10 aromatic rings. The van der Waals surface area contributed by atoms with E-state index in [9.17, 15) is 0 Å². The number of hydrogen-bond donors (Lipinski definition) is 0. The average molecular weight is 850 g/mol. The van der Waals surface area contributed by atoms with Gasteiger partial charge in [0, 0.05) is 77.2 Å². The van der Waals surface area contributed by atoms with Crippen molar-refractivity contribution in [1.29, 1.82) is 0 Å². The van der Waals surface area contributed by atoms with Gasteiger partial charge in [0.15, 0.2) is 0 Å². The Balaban J connectivity index is 0.00000420. The molecule has 2 aromatic heterocycles. The minimum absolute atomic E-state index is 0. The van der Waals surface area contributed by atoms with Gasteiger partial charge < -0.3 is 19.1 Å². The molecule has 1 aliphatic heterocycles. The van der Waals surface area contributed by atoms with Gasteiger partial charge in [-0.3, -0.25) is 0 Å². The summed E-state index contributed by atoms with van der Waals surface area (Å²) in [6.07, 6.45) is 1.90. The number of hydrogen-bond acceptors (Lipinski definition) is 4. The van der Waals surface area contributed by atoms with Crippen molar-refractivity contribution in [3.8, 4) is 39.6 Å². The van der Waals surface area contributed by atoms with Crippen LogP contribution in [-0.4, -0.2) is 9.55 Å². The van der Waals surface area contributed by atoms with Crippen LogP contribution in [0.25, 0.3) is 60.6 Å². The number of benzene rings is 8. The molecule has 0 saturated heterocycles. The fraction of sp³-hybridized carbons (Fsp3) is 0.0189. The van der Waals surface area contributed by atoms with E-state index in [0.29, 0.717) is 11.5 Å². The van der Waals surface area contributed by atoms with Crippen molar-refractivity contribution in [2.75, 3.05) is 9.80 Å². The van der Waals surface area contributed by atoms with Crippen molar-refractivity contribution in [2.24, 2.45) is 0 Å². The predicted molar refractivity (Wildman–Crippen MR) is 237 cm³/mol. The van der Waals surface area contributed by atoms with Gasteiger partial charge in [-0.2, -0.15) is 12.1 Å². The third-order valence-electron chi connectivity index (χ3n) is 11.0. The van der Waals surface area contributed by atoms with Gasteiger partial charge in [-0.25, -0.2) is 4.98 Å². The van der Waals surface area contributed by atoms with Crippen LogP contribution in [0.15, 0.2) is 188 Å². The van der Waals surface area contributed by atoms with Crippen LogP contribution in [0.1, 0.15) is 5.56 Å². The first-order valence-corrected chi connectivity index (χ1v) is 19.5. The minimum Gasteiger partial charge on any atom is -0.509 e. The molecule has 3 heterocycles. The molecule has 1 aliphatic rings. The van der Waals surface area contributed by atoms with Crippen LogP contribution in [0, 0.1) is 25.7 Å². The van der Waals surface area contributed by atoms with Crippen molar-refractivity contribution in [2.45, 2.75) is 6.92 Å². The third-order valence-corrected chi connectivity index (χ3v) is 11.0. The molecule has 59 heavy (non-hydrogen) atoms. The average Bonchev–Trinajstić information content (AvgIpc) is 3.83. The molecule has 0 radical (unpaired) electrons. The molecule has 0 bridgehead atoms. The Kier molecular flexibility index (Phi) is 9.30. The standard InChI is InChI=1S/C53H35N4O.Pd/c1-36-26-31-51(54-34-36)57-48-25-11-10-22-46(48)47-29-28-42(33-50(47)57)58-41-20-12-19-40(32-41)55-35-56(53-45-21-9-8-18-39(45)27-30-49(53)55)52-43(37-14-4-2-5-15-37)23-13-24-44(52)38-16-6-3-7-17-38;/h2-31,34-35H,1H3;/q-3;. The number of para-hydroxylation sites is 2. The van der Waals surface area contributed by atoms with Crippen LogP contribution in [0.5, 0.6) is 11.5 Å². The fourth-order valence-electron chi connectivity index (χ4n) is 8.31. The van der Waals surface area contributed by atoms with Crippen LogP contribution in [0.2, 0.25) is 0 Å². The van der Waals surface area contributed by atoms with Gasteiger partial charge in [0.2, 0.25) is 0 Å². The second-order valence-electron chi connectivity index (χ2n) is 14.6. The van der Waals surface area contributed by atoms with E-state index in [4.69, 9.17) is 9.72 Å². The largest absolute Gasteiger partial charge is 0.509 e. The van der Waals surface area contributed by atoms with Crippen LogP contribution < -0.4 is 14.5 Å². The van der Waals surface area contributed by atoms with E-state index in [2.05, 4.69) is 204 Å². The second-order valence-corrected chi connectivity index (χ2v) is 14.6. The van der Waals surface area contributed by atoms with Crippen molar-refractivity contribution >= 4 is 55.3 Å². The maximum Gasteiger partial charge on any atom is 0.135 e. The van der Waals surface area contributed by atoms with Gasteiger partial charge in [-0.05, 0) is 52.6 Å². The van der Waals surface area contributed by atoms with Crippen LogP contribution >= 0.6 is 0 Å². The fourth-order valence-corrected chi connectivity index (χ4v) is 8.31. The van der Waals surface area contributed by atoms with Gasteiger partial charge in [0.1, 0.15) is 5.82 Å². The zero-order chi connectivity index (χ0) is 38.6. The molecule has 5 nitrogen and oxygen atoms in total. The van der Waals surface area contributed by atoms with E-state index < -0.39 is 0 Å². The van der Waals surface area contributed by atoms with Crippen LogP contribution in [0.4, 0.5) is 22.7 Å². The van der Waals surface area contributed by atoms with Crippen LogP contribution in [0.3, 0.4) is 0 Å². The monoisotopic (exact) mass is 849 g/mol. The van der Waals surface area contributed by atoms with Gasteiger partial charge in [-0.15, -0.1) is 48.1 Å². The van der Waals surface area contributed by atoms with E-state index >= 15 is 0 Å². The molecule has 0 saturated carbocycles. The quantitative estimate of drug-likeness (QED) is 0.118. The van der Waals surface area contributed by atoms with Crippen LogP contribution in [-0.2, 0) is 20.4 Å². The first-order valence-electron chi connectivity index (χ1n) is 19.5. The predicted octanol–water partition coefficient (Wildman–Crippen LogP) is 13.8. The molecule has 0 aliphatic carbocycles. The summed E-state index contributed by atoms with van der Waals surface area (Å²) in [7, 11) is 0. The first kappa shape index (κ1) is 36.4. The van der Waals surface area contributed by atoms with Gasteiger partial charge in [-0.1, -0.05) is 139 Å². The van der Waals surface area contributed by atoms with Crippen molar-refractivity contribution in [3.63, 3.8) is 0 Å². The number of ether oxygens (including phenoxy) is 1. The molecule has 0 spiro atoms. The summed E-state index contributed by atoms with van der Waals surface area (Å²) in [5, 5.41) is 4.56. The van der Waals surface area contributed by atoms with E-state index in [-0.39, 0.29) is 20.4 Å². The second kappa shape index (κ2) is 15.1. The Labute approximate surface area is 357 Å². The molecule has 0 fully saturated rings. The zero-order valence-electron chi connectivity index (χ0n) is 32.0. The van der Waals surface area contributed by atoms with E-state index in [0.717, 1.165) is 83.6 Å². The first-order chi connectivity index (χ1) is 28.7. The number of nitrogens with zero attached hydrogens (tertiary/aromatic N) is 4. The van der Waals surface area contributed by atoms with Gasteiger partial charge in [0.05, 0.1) is 0 Å². The van der Waals surface area contributed by atoms with Gasteiger partial charge >= 0.3 is 0 Å². The number of aromatic nitrogens is 2. The Hall–Kier alpha value is -6.97. The number of fused-ring (bicyclic) bond motifs is 6. The summed E-state index contributed by atoms with van der Waals surface area (Å²) >= 11 is 0. The summed E-state index contributed by atoms with van der Waals surface area (Å²) in [5.41, 5.74) is 11.8. The summed E-state index contributed by atoms with van der Waals surface area (Å²) in [5.74, 6) is 2.02. The van der Waals surface area contributed by atoms with Gasteiger partial charge in [0.25, 0.3) is 0 Å². The molecular formula is C53H35N4OPd-3. The summed E-state index contributed by atoms with van der Waals surface area (Å²) in [6.45, 7) is 4.25. The topological polar surface area (TPSA) is 33.5 Å². The Bertz CT molecular complexity index is 3090. The molecule has 8 aromatic carbocycles. The molecule has 0 atom stereocenters. The zero-order valence-corrected chi connectivity index (χ0v) is 33.5. The minimum atomic E-state index is 0. The maximum absolute atomic E-state index is 6.62. The maximum atomic E-state index is 6.62. The number of rotatable bonds is 7. The molecular weight excluding hydrogens is 815 g/mol. The van der Waals surface area contributed by atoms with Crippen molar-refractivity contribution in [1.82, 2.24) is 9.55 Å². The van der Waals surface area contributed by atoms with Crippen molar-refractivity contribution in [3.05, 3.63) is 213 Å².